The molecule has 7 heteroatoms. The Morgan fingerprint density at radius 3 is 2.33 bits per heavy atom. The number of para-hydroxylation sites is 1. The van der Waals surface area contributed by atoms with Crippen molar-refractivity contribution in [3.63, 3.8) is 0 Å². The van der Waals surface area contributed by atoms with Crippen molar-refractivity contribution in [3.05, 3.63) is 87.9 Å². The van der Waals surface area contributed by atoms with Gasteiger partial charge in [-0.1, -0.05) is 49.2 Å². The molecule has 1 aliphatic carbocycles. The number of benzene rings is 2. The average molecular weight is 504 g/mol. The van der Waals surface area contributed by atoms with E-state index >= 15 is 0 Å². The van der Waals surface area contributed by atoms with Gasteiger partial charge in [0.05, 0.1) is 17.6 Å². The van der Waals surface area contributed by atoms with E-state index in [4.69, 9.17) is 0 Å². The molecule has 0 bridgehead atoms. The topological polar surface area (TPSA) is 43.9 Å². The smallest absolute Gasteiger partial charge is 0.254 e. The molecular formula is C29H30FN3O2S. The van der Waals surface area contributed by atoms with E-state index in [1.807, 2.05) is 56.5 Å². The second-order valence-corrected chi connectivity index (χ2v) is 10.9. The SMILES string of the molecule is O=C(C1c2ccccc2C(=O)N(C2CCCC2)C1c1cccs1)N1CCN(c2ccccc2F)CC1. The van der Waals surface area contributed by atoms with Gasteiger partial charge >= 0.3 is 0 Å². The Morgan fingerprint density at radius 2 is 1.61 bits per heavy atom. The van der Waals surface area contributed by atoms with Crippen LogP contribution < -0.4 is 4.90 Å². The van der Waals surface area contributed by atoms with Crippen molar-refractivity contribution in [2.24, 2.45) is 0 Å². The van der Waals surface area contributed by atoms with Crippen LogP contribution in [0.25, 0.3) is 0 Å². The van der Waals surface area contributed by atoms with Crippen LogP contribution in [-0.4, -0.2) is 53.8 Å². The summed E-state index contributed by atoms with van der Waals surface area (Å²) in [5.74, 6) is -0.575. The maximum absolute atomic E-state index is 14.4. The monoisotopic (exact) mass is 503 g/mol. The molecule has 0 radical (unpaired) electrons. The molecular weight excluding hydrogens is 473 g/mol. The second-order valence-electron chi connectivity index (χ2n) is 9.94. The van der Waals surface area contributed by atoms with Crippen LogP contribution in [0.1, 0.15) is 58.4 Å². The lowest BCUT2D eigenvalue weighted by Gasteiger charge is -2.46. The molecule has 6 rings (SSSR count). The number of carbonyl (C=O) groups excluding carboxylic acids is 2. The van der Waals surface area contributed by atoms with Crippen molar-refractivity contribution in [1.82, 2.24) is 9.80 Å². The fraction of sp³-hybridized carbons (Fsp3) is 0.379. The number of thiophene rings is 1. The summed E-state index contributed by atoms with van der Waals surface area (Å²) in [6, 6.07) is 18.4. The molecule has 0 spiro atoms. The van der Waals surface area contributed by atoms with Gasteiger partial charge in [-0.25, -0.2) is 4.39 Å². The number of nitrogens with zero attached hydrogens (tertiary/aromatic N) is 3. The molecule has 2 aliphatic heterocycles. The van der Waals surface area contributed by atoms with E-state index in [-0.39, 0.29) is 29.7 Å². The zero-order valence-corrected chi connectivity index (χ0v) is 21.0. The number of fused-ring (bicyclic) bond motifs is 1. The molecule has 186 valence electrons. The molecule has 2 amide bonds. The quantitative estimate of drug-likeness (QED) is 0.475. The molecule has 2 fully saturated rings. The van der Waals surface area contributed by atoms with E-state index in [2.05, 4.69) is 6.07 Å². The summed E-state index contributed by atoms with van der Waals surface area (Å²) < 4.78 is 14.4. The first kappa shape index (κ1) is 23.2. The molecule has 2 aromatic carbocycles. The van der Waals surface area contributed by atoms with E-state index < -0.39 is 5.92 Å². The zero-order chi connectivity index (χ0) is 24.6. The predicted octanol–water partition coefficient (Wildman–Crippen LogP) is 5.46. The van der Waals surface area contributed by atoms with Crippen molar-refractivity contribution in [3.8, 4) is 0 Å². The second kappa shape index (κ2) is 9.69. The van der Waals surface area contributed by atoms with Crippen LogP contribution in [0.5, 0.6) is 0 Å². The lowest BCUT2D eigenvalue weighted by atomic mass is 9.80. The van der Waals surface area contributed by atoms with Gasteiger partial charge < -0.3 is 14.7 Å². The Kier molecular flexibility index (Phi) is 6.25. The van der Waals surface area contributed by atoms with Crippen LogP contribution in [0.3, 0.4) is 0 Å². The summed E-state index contributed by atoms with van der Waals surface area (Å²) in [5.41, 5.74) is 2.07. The van der Waals surface area contributed by atoms with Gasteiger partial charge in [0.1, 0.15) is 5.82 Å². The van der Waals surface area contributed by atoms with E-state index in [0.717, 1.165) is 36.1 Å². The summed E-state index contributed by atoms with van der Waals surface area (Å²) in [7, 11) is 0. The van der Waals surface area contributed by atoms with Crippen LogP contribution in [-0.2, 0) is 4.79 Å². The summed E-state index contributed by atoms with van der Waals surface area (Å²) in [5, 5.41) is 2.03. The summed E-state index contributed by atoms with van der Waals surface area (Å²) >= 11 is 1.62. The summed E-state index contributed by atoms with van der Waals surface area (Å²) in [6.07, 6.45) is 4.20. The lowest BCUT2D eigenvalue weighted by molar-refractivity contribution is -0.135. The summed E-state index contributed by atoms with van der Waals surface area (Å²) in [6.45, 7) is 2.21. The Hall–Kier alpha value is -3.19. The lowest BCUT2D eigenvalue weighted by Crippen LogP contribution is -2.54. The molecule has 2 atom stereocenters. The summed E-state index contributed by atoms with van der Waals surface area (Å²) in [4.78, 5) is 35.2. The first-order valence-corrected chi connectivity index (χ1v) is 13.7. The molecule has 3 aromatic rings. The molecule has 3 heterocycles. The van der Waals surface area contributed by atoms with Crippen molar-refractivity contribution in [2.45, 2.75) is 43.7 Å². The number of amides is 2. The van der Waals surface area contributed by atoms with Crippen molar-refractivity contribution in [1.29, 1.82) is 0 Å². The van der Waals surface area contributed by atoms with Crippen LogP contribution in [0.15, 0.2) is 66.0 Å². The van der Waals surface area contributed by atoms with Crippen LogP contribution in [0, 0.1) is 5.82 Å². The fourth-order valence-corrected chi connectivity index (χ4v) is 7.10. The van der Waals surface area contributed by atoms with E-state index in [0.29, 0.717) is 37.4 Å². The molecule has 5 nitrogen and oxygen atoms in total. The number of hydrogen-bond acceptors (Lipinski definition) is 4. The maximum atomic E-state index is 14.4. The number of piperazine rings is 1. The minimum Gasteiger partial charge on any atom is -0.366 e. The standard InChI is InChI=1S/C29H30FN3O2S/c30-23-12-5-6-13-24(23)31-15-17-32(18-16-31)29(35)26-21-10-3-4-11-22(21)28(34)33(20-8-1-2-9-20)27(26)25-14-7-19-36-25/h3-7,10-14,19-20,26-27H,1-2,8-9,15-18H2. The normalized spacial score (nSPS) is 22.7. The Morgan fingerprint density at radius 1 is 0.889 bits per heavy atom. The van der Waals surface area contributed by atoms with Gasteiger partial charge in [-0.05, 0) is 48.1 Å². The number of carbonyl (C=O) groups is 2. The molecule has 1 aromatic heterocycles. The fourth-order valence-electron chi connectivity index (χ4n) is 6.24. The van der Waals surface area contributed by atoms with Gasteiger partial charge in [-0.15, -0.1) is 11.3 Å². The number of halogens is 1. The van der Waals surface area contributed by atoms with Gasteiger partial charge in [0.15, 0.2) is 0 Å². The maximum Gasteiger partial charge on any atom is 0.254 e. The third-order valence-corrected chi connectivity index (χ3v) is 8.92. The highest BCUT2D eigenvalue weighted by Gasteiger charge is 2.48. The van der Waals surface area contributed by atoms with E-state index in [1.54, 1.807) is 23.5 Å². The number of anilines is 1. The van der Waals surface area contributed by atoms with Gasteiger partial charge in [-0.2, -0.15) is 0 Å². The van der Waals surface area contributed by atoms with Crippen molar-refractivity contribution < 1.29 is 14.0 Å². The van der Waals surface area contributed by atoms with E-state index in [9.17, 15) is 14.0 Å². The average Bonchev–Trinajstić information content (AvgIpc) is 3.64. The minimum absolute atomic E-state index is 0.0457. The van der Waals surface area contributed by atoms with Crippen molar-refractivity contribution in [2.75, 3.05) is 31.1 Å². The molecule has 1 saturated carbocycles. The van der Waals surface area contributed by atoms with Gasteiger partial charge in [-0.3, -0.25) is 9.59 Å². The first-order valence-electron chi connectivity index (χ1n) is 12.9. The van der Waals surface area contributed by atoms with Gasteiger partial charge in [0, 0.05) is 42.7 Å². The largest absolute Gasteiger partial charge is 0.366 e. The highest BCUT2D eigenvalue weighted by molar-refractivity contribution is 7.10. The zero-order valence-electron chi connectivity index (χ0n) is 20.2. The van der Waals surface area contributed by atoms with Crippen LogP contribution >= 0.6 is 11.3 Å². The van der Waals surface area contributed by atoms with Crippen molar-refractivity contribution >= 4 is 28.8 Å². The predicted molar refractivity (Wildman–Crippen MR) is 140 cm³/mol. The molecule has 0 N–H and O–H groups in total. The highest BCUT2D eigenvalue weighted by Crippen LogP contribution is 2.47. The first-order chi connectivity index (χ1) is 17.6. The molecule has 3 aliphatic rings. The highest BCUT2D eigenvalue weighted by atomic mass is 32.1. The van der Waals surface area contributed by atoms with Gasteiger partial charge in [0.25, 0.3) is 5.91 Å². The van der Waals surface area contributed by atoms with E-state index in [1.165, 1.54) is 6.07 Å². The Balaban J connectivity index is 1.34. The Labute approximate surface area is 215 Å². The minimum atomic E-state index is -0.446. The molecule has 36 heavy (non-hydrogen) atoms. The van der Waals surface area contributed by atoms with Crippen LogP contribution in [0.4, 0.5) is 10.1 Å². The number of rotatable bonds is 4. The van der Waals surface area contributed by atoms with Crippen LogP contribution in [0.2, 0.25) is 0 Å². The van der Waals surface area contributed by atoms with Gasteiger partial charge in [0.2, 0.25) is 5.91 Å². The third kappa shape index (κ3) is 3.99. The molecule has 1 saturated heterocycles. The molecule has 2 unspecified atom stereocenters. The Bertz CT molecular complexity index is 1250. The third-order valence-electron chi connectivity index (χ3n) is 7.98. The number of hydrogen-bond donors (Lipinski definition) is 0.